The normalized spacial score (nSPS) is 16.7. The number of amidine groups is 1. The predicted octanol–water partition coefficient (Wildman–Crippen LogP) is 3.90. The zero-order valence-corrected chi connectivity index (χ0v) is 14.5. The number of nitrogens with zero attached hydrogens (tertiary/aromatic N) is 1. The highest BCUT2D eigenvalue weighted by molar-refractivity contribution is 8.18. The fourth-order valence-corrected chi connectivity index (χ4v) is 3.00. The summed E-state index contributed by atoms with van der Waals surface area (Å²) >= 11 is 1.32. The molecule has 1 aliphatic heterocycles. The van der Waals surface area contributed by atoms with Crippen molar-refractivity contribution < 1.29 is 9.53 Å². The molecule has 1 N–H and O–H groups in total. The van der Waals surface area contributed by atoms with Gasteiger partial charge in [-0.15, -0.1) is 6.42 Å². The van der Waals surface area contributed by atoms with Crippen LogP contribution in [0, 0.1) is 19.3 Å². The van der Waals surface area contributed by atoms with Crippen LogP contribution in [0.4, 0.5) is 5.69 Å². The van der Waals surface area contributed by atoms with Gasteiger partial charge in [0.15, 0.2) is 5.17 Å². The molecule has 0 radical (unpaired) electrons. The lowest BCUT2D eigenvalue weighted by molar-refractivity contribution is -0.115. The van der Waals surface area contributed by atoms with E-state index in [9.17, 15) is 4.79 Å². The number of benzene rings is 2. The minimum absolute atomic E-state index is 0.150. The molecule has 5 heteroatoms. The molecule has 0 bridgehead atoms. The smallest absolute Gasteiger partial charge is 0.264 e. The molecule has 1 amide bonds. The summed E-state index contributed by atoms with van der Waals surface area (Å²) in [5, 5.41) is 3.36. The first-order valence-electron chi connectivity index (χ1n) is 7.66. The van der Waals surface area contributed by atoms with Gasteiger partial charge in [-0.1, -0.05) is 35.7 Å². The number of ether oxygens (including phenoxy) is 1. The summed E-state index contributed by atoms with van der Waals surface area (Å²) in [6.45, 7) is 2.25. The molecule has 0 aromatic heterocycles. The first-order valence-corrected chi connectivity index (χ1v) is 8.48. The average molecular weight is 348 g/mol. The van der Waals surface area contributed by atoms with Gasteiger partial charge in [0.1, 0.15) is 12.4 Å². The van der Waals surface area contributed by atoms with Gasteiger partial charge in [-0.3, -0.25) is 4.79 Å². The Kier molecular flexibility index (Phi) is 5.22. The van der Waals surface area contributed by atoms with E-state index in [0.717, 1.165) is 11.3 Å². The quantitative estimate of drug-likeness (QED) is 0.673. The molecule has 0 atom stereocenters. The summed E-state index contributed by atoms with van der Waals surface area (Å²) in [7, 11) is 0. The number of hydrogen-bond acceptors (Lipinski definition) is 4. The lowest BCUT2D eigenvalue weighted by Gasteiger charge is -2.02. The van der Waals surface area contributed by atoms with Crippen LogP contribution in [0.25, 0.3) is 6.08 Å². The van der Waals surface area contributed by atoms with E-state index in [0.29, 0.717) is 15.8 Å². The van der Waals surface area contributed by atoms with E-state index in [4.69, 9.17) is 11.2 Å². The van der Waals surface area contributed by atoms with E-state index in [1.54, 1.807) is 0 Å². The Morgan fingerprint density at radius 2 is 1.92 bits per heavy atom. The Morgan fingerprint density at radius 1 is 1.20 bits per heavy atom. The van der Waals surface area contributed by atoms with Crippen LogP contribution in [0.1, 0.15) is 11.1 Å². The molecular weight excluding hydrogens is 332 g/mol. The minimum Gasteiger partial charge on any atom is -0.481 e. The van der Waals surface area contributed by atoms with Gasteiger partial charge in [-0.25, -0.2) is 4.99 Å². The molecule has 1 fully saturated rings. The molecule has 0 spiro atoms. The van der Waals surface area contributed by atoms with Crippen LogP contribution in [-0.2, 0) is 4.79 Å². The van der Waals surface area contributed by atoms with E-state index in [1.165, 1.54) is 17.3 Å². The molecular formula is C20H16N2O2S. The van der Waals surface area contributed by atoms with Crippen molar-refractivity contribution >= 4 is 34.6 Å². The Balaban J connectivity index is 1.72. The second-order valence-electron chi connectivity index (χ2n) is 5.38. The first kappa shape index (κ1) is 16.9. The first-order chi connectivity index (χ1) is 12.1. The third-order valence-corrected chi connectivity index (χ3v) is 4.33. The lowest BCUT2D eigenvalue weighted by atomic mass is 10.2. The zero-order valence-electron chi connectivity index (χ0n) is 13.7. The molecule has 1 saturated heterocycles. The number of rotatable bonds is 4. The molecule has 2 aromatic carbocycles. The minimum atomic E-state index is -0.150. The third-order valence-electron chi connectivity index (χ3n) is 3.42. The Hall–Kier alpha value is -2.97. The second-order valence-corrected chi connectivity index (χ2v) is 6.41. The van der Waals surface area contributed by atoms with Crippen molar-refractivity contribution in [1.82, 2.24) is 5.32 Å². The number of hydrogen-bond donors (Lipinski definition) is 1. The number of carbonyl (C=O) groups is 1. The number of amides is 1. The highest BCUT2D eigenvalue weighted by Gasteiger charge is 2.23. The van der Waals surface area contributed by atoms with Gasteiger partial charge < -0.3 is 10.1 Å². The Morgan fingerprint density at radius 3 is 2.60 bits per heavy atom. The van der Waals surface area contributed by atoms with E-state index < -0.39 is 0 Å². The van der Waals surface area contributed by atoms with Gasteiger partial charge in [0, 0.05) is 0 Å². The molecule has 2 aromatic rings. The molecule has 25 heavy (non-hydrogen) atoms. The van der Waals surface area contributed by atoms with Crippen LogP contribution in [-0.4, -0.2) is 17.7 Å². The van der Waals surface area contributed by atoms with Crippen LogP contribution in [0.2, 0.25) is 0 Å². The van der Waals surface area contributed by atoms with Gasteiger partial charge >= 0.3 is 0 Å². The van der Waals surface area contributed by atoms with Crippen molar-refractivity contribution in [1.29, 1.82) is 0 Å². The maximum atomic E-state index is 12.1. The lowest BCUT2D eigenvalue weighted by Crippen LogP contribution is -2.19. The molecule has 4 nitrogen and oxygen atoms in total. The van der Waals surface area contributed by atoms with Gasteiger partial charge in [0.2, 0.25) is 0 Å². The highest BCUT2D eigenvalue weighted by atomic mass is 32.2. The van der Waals surface area contributed by atoms with E-state index in [1.807, 2.05) is 61.5 Å². The van der Waals surface area contributed by atoms with E-state index in [2.05, 4.69) is 16.2 Å². The SMILES string of the molecule is C#CCOc1ccc(/C=C2/SC(=Nc3ccc(C)cc3)NC2=O)cc1. The monoisotopic (exact) mass is 348 g/mol. The van der Waals surface area contributed by atoms with Crippen LogP contribution in [0.15, 0.2) is 58.4 Å². The Labute approximate surface area is 151 Å². The molecule has 0 aliphatic carbocycles. The van der Waals surface area contributed by atoms with Crippen molar-refractivity contribution in [3.63, 3.8) is 0 Å². The zero-order chi connectivity index (χ0) is 17.6. The van der Waals surface area contributed by atoms with Crippen LogP contribution >= 0.6 is 11.8 Å². The van der Waals surface area contributed by atoms with Gasteiger partial charge in [0.05, 0.1) is 10.6 Å². The largest absolute Gasteiger partial charge is 0.481 e. The van der Waals surface area contributed by atoms with Crippen molar-refractivity contribution in [2.45, 2.75) is 6.92 Å². The van der Waals surface area contributed by atoms with Gasteiger partial charge in [-0.2, -0.15) is 0 Å². The van der Waals surface area contributed by atoms with Crippen LogP contribution in [0.3, 0.4) is 0 Å². The van der Waals surface area contributed by atoms with Crippen molar-refractivity contribution in [2.24, 2.45) is 4.99 Å². The standard InChI is InChI=1S/C20H16N2O2S/c1-3-12-24-17-10-6-15(7-11-17)13-18-19(23)22-20(25-18)21-16-8-4-14(2)5-9-16/h1,4-11,13H,12H2,2H3,(H,21,22,23)/b18-13+. The van der Waals surface area contributed by atoms with Crippen molar-refractivity contribution in [2.75, 3.05) is 6.61 Å². The molecule has 0 unspecified atom stereocenters. The summed E-state index contributed by atoms with van der Waals surface area (Å²) in [6, 6.07) is 15.2. The molecule has 1 aliphatic rings. The van der Waals surface area contributed by atoms with E-state index in [-0.39, 0.29) is 12.5 Å². The van der Waals surface area contributed by atoms with Crippen LogP contribution in [0.5, 0.6) is 5.75 Å². The predicted molar refractivity (Wildman–Crippen MR) is 103 cm³/mol. The van der Waals surface area contributed by atoms with Crippen LogP contribution < -0.4 is 10.1 Å². The summed E-state index contributed by atoms with van der Waals surface area (Å²) in [4.78, 5) is 17.2. The number of aryl methyl sites for hydroxylation is 1. The molecule has 0 saturated carbocycles. The fraction of sp³-hybridized carbons (Fsp3) is 0.100. The topological polar surface area (TPSA) is 50.7 Å². The number of terminal acetylenes is 1. The maximum absolute atomic E-state index is 12.1. The second kappa shape index (κ2) is 7.73. The van der Waals surface area contributed by atoms with Gasteiger partial charge in [0.25, 0.3) is 5.91 Å². The number of aliphatic imine (C=N–C) groups is 1. The van der Waals surface area contributed by atoms with Gasteiger partial charge in [-0.05, 0) is 54.6 Å². The van der Waals surface area contributed by atoms with E-state index >= 15 is 0 Å². The summed E-state index contributed by atoms with van der Waals surface area (Å²) < 4.78 is 5.33. The summed E-state index contributed by atoms with van der Waals surface area (Å²) in [5.41, 5.74) is 2.88. The molecule has 3 rings (SSSR count). The fourth-order valence-electron chi connectivity index (χ4n) is 2.15. The van der Waals surface area contributed by atoms with Crippen molar-refractivity contribution in [3.05, 3.63) is 64.6 Å². The summed E-state index contributed by atoms with van der Waals surface area (Å²) in [6.07, 6.45) is 6.99. The number of thioether (sulfide) groups is 1. The number of nitrogens with one attached hydrogen (secondary N) is 1. The molecule has 1 heterocycles. The number of carbonyl (C=O) groups excluding carboxylic acids is 1. The average Bonchev–Trinajstić information content (AvgIpc) is 2.95. The van der Waals surface area contributed by atoms with Crippen molar-refractivity contribution in [3.8, 4) is 18.1 Å². The third kappa shape index (κ3) is 4.52. The molecule has 124 valence electrons. The Bertz CT molecular complexity index is 875. The summed E-state index contributed by atoms with van der Waals surface area (Å²) in [5.74, 6) is 2.97. The maximum Gasteiger partial charge on any atom is 0.264 e. The highest BCUT2D eigenvalue weighted by Crippen LogP contribution is 2.28.